The van der Waals surface area contributed by atoms with Crippen LogP contribution < -0.4 is 15.4 Å². The molecule has 0 saturated carbocycles. The number of hydrogen-bond acceptors (Lipinski definition) is 5. The van der Waals surface area contributed by atoms with Crippen LogP contribution in [0.1, 0.15) is 36.5 Å². The number of guanidine groups is 1. The Kier molecular flexibility index (Phi) is 11.8. The number of ether oxygens (including phenoxy) is 1. The fourth-order valence-electron chi connectivity index (χ4n) is 2.76. The zero-order chi connectivity index (χ0) is 22.0. The number of hydrogen-bond donors (Lipinski definition) is 2. The topological polar surface area (TPSA) is 92.7 Å². The highest BCUT2D eigenvalue weighted by atomic mass is 127. The molecule has 0 atom stereocenters. The molecule has 2 aromatic rings. The molecule has 0 spiro atoms. The highest BCUT2D eigenvalue weighted by Crippen LogP contribution is 2.16. The highest BCUT2D eigenvalue weighted by Gasteiger charge is 2.12. The van der Waals surface area contributed by atoms with Gasteiger partial charge in [-0.2, -0.15) is 0 Å². The number of unbranched alkanes of at least 4 members (excludes halogenated alkanes) is 1. The van der Waals surface area contributed by atoms with E-state index in [1.807, 2.05) is 12.1 Å². The molecular weight excluding hydrogens is 534 g/mol. The van der Waals surface area contributed by atoms with Gasteiger partial charge in [-0.25, -0.2) is 17.8 Å². The number of benzene rings is 1. The van der Waals surface area contributed by atoms with Crippen LogP contribution in [0.2, 0.25) is 0 Å². The van der Waals surface area contributed by atoms with Crippen molar-refractivity contribution < 1.29 is 17.5 Å². The molecule has 0 aliphatic heterocycles. The summed E-state index contributed by atoms with van der Waals surface area (Å²) in [5.74, 6) is 0.503. The maximum atomic E-state index is 13.7. The lowest BCUT2D eigenvalue weighted by Crippen LogP contribution is -2.36. The molecule has 1 heterocycles. The maximum absolute atomic E-state index is 13.7. The lowest BCUT2D eigenvalue weighted by Gasteiger charge is -2.15. The van der Waals surface area contributed by atoms with E-state index in [0.29, 0.717) is 36.1 Å². The minimum absolute atomic E-state index is 0. The fraction of sp³-hybridized carbons (Fsp3) is 0.429. The lowest BCUT2D eigenvalue weighted by molar-refractivity contribution is 0.294. The lowest BCUT2D eigenvalue weighted by atomic mass is 10.1. The summed E-state index contributed by atoms with van der Waals surface area (Å²) in [5, 5.41) is 6.27. The van der Waals surface area contributed by atoms with Crippen molar-refractivity contribution in [2.45, 2.75) is 38.6 Å². The van der Waals surface area contributed by atoms with E-state index >= 15 is 0 Å². The second-order valence-electron chi connectivity index (χ2n) is 6.93. The van der Waals surface area contributed by atoms with E-state index in [-0.39, 0.29) is 36.3 Å². The summed E-state index contributed by atoms with van der Waals surface area (Å²) in [6.45, 7) is 3.37. The van der Waals surface area contributed by atoms with Gasteiger partial charge in [-0.05, 0) is 35.7 Å². The minimum Gasteiger partial charge on any atom is -0.477 e. The van der Waals surface area contributed by atoms with E-state index in [0.717, 1.165) is 24.7 Å². The Balaban J connectivity index is 0.00000480. The standard InChI is InChI=1S/C21H29FN4O3S.HI/c1-4-5-11-29-20-16(7-6-10-24-20)13-25-21(23-2)26-14-18-12-19(22)9-8-17(18)15-30(3,27)28;/h6-10,12H,4-5,11,13-15H2,1-3H3,(H2,23,25,26);1H. The molecule has 1 aromatic heterocycles. The summed E-state index contributed by atoms with van der Waals surface area (Å²) in [6, 6.07) is 7.86. The van der Waals surface area contributed by atoms with Gasteiger partial charge in [0.1, 0.15) is 5.82 Å². The molecule has 172 valence electrons. The van der Waals surface area contributed by atoms with Crippen LogP contribution in [-0.4, -0.2) is 39.3 Å². The van der Waals surface area contributed by atoms with Gasteiger partial charge >= 0.3 is 0 Å². The summed E-state index contributed by atoms with van der Waals surface area (Å²) < 4.78 is 42.7. The zero-order valence-electron chi connectivity index (χ0n) is 18.0. The van der Waals surface area contributed by atoms with Gasteiger partial charge in [0.15, 0.2) is 15.8 Å². The van der Waals surface area contributed by atoms with E-state index in [1.165, 1.54) is 18.2 Å². The summed E-state index contributed by atoms with van der Waals surface area (Å²) in [7, 11) is -1.61. The Bertz CT molecular complexity index is 971. The van der Waals surface area contributed by atoms with Gasteiger partial charge in [0.25, 0.3) is 0 Å². The van der Waals surface area contributed by atoms with Crippen LogP contribution in [0.3, 0.4) is 0 Å². The predicted octanol–water partition coefficient (Wildman–Crippen LogP) is 3.43. The van der Waals surface area contributed by atoms with E-state index in [4.69, 9.17) is 4.74 Å². The number of nitrogens with zero attached hydrogens (tertiary/aromatic N) is 2. The largest absolute Gasteiger partial charge is 0.477 e. The second-order valence-corrected chi connectivity index (χ2v) is 9.07. The van der Waals surface area contributed by atoms with Crippen LogP contribution in [0.5, 0.6) is 5.88 Å². The van der Waals surface area contributed by atoms with Crippen molar-refractivity contribution in [2.24, 2.45) is 4.99 Å². The molecule has 7 nitrogen and oxygen atoms in total. The molecule has 0 saturated heterocycles. The van der Waals surface area contributed by atoms with Crippen LogP contribution in [0.25, 0.3) is 0 Å². The van der Waals surface area contributed by atoms with Crippen molar-refractivity contribution in [3.8, 4) is 5.88 Å². The van der Waals surface area contributed by atoms with Gasteiger partial charge < -0.3 is 15.4 Å². The van der Waals surface area contributed by atoms with Crippen molar-refractivity contribution in [3.63, 3.8) is 0 Å². The van der Waals surface area contributed by atoms with Gasteiger partial charge in [0.05, 0.1) is 12.4 Å². The molecule has 0 bridgehead atoms. The van der Waals surface area contributed by atoms with Gasteiger partial charge in [-0.15, -0.1) is 24.0 Å². The fourth-order valence-corrected chi connectivity index (χ4v) is 3.61. The molecule has 0 fully saturated rings. The number of pyridine rings is 1. The van der Waals surface area contributed by atoms with Gasteiger partial charge in [0, 0.05) is 38.2 Å². The molecule has 2 rings (SSSR count). The van der Waals surface area contributed by atoms with E-state index in [9.17, 15) is 12.8 Å². The van der Waals surface area contributed by atoms with Crippen LogP contribution in [0.15, 0.2) is 41.5 Å². The number of aromatic nitrogens is 1. The van der Waals surface area contributed by atoms with Crippen molar-refractivity contribution in [1.82, 2.24) is 15.6 Å². The average molecular weight is 564 g/mol. The molecule has 1 aromatic carbocycles. The third-order valence-electron chi connectivity index (χ3n) is 4.29. The number of aliphatic imine (C=N–C) groups is 1. The van der Waals surface area contributed by atoms with Gasteiger partial charge in [-0.3, -0.25) is 4.99 Å². The Hall–Kier alpha value is -1.95. The summed E-state index contributed by atoms with van der Waals surface area (Å²) in [4.78, 5) is 8.45. The molecule has 0 amide bonds. The van der Waals surface area contributed by atoms with Crippen LogP contribution >= 0.6 is 24.0 Å². The molecule has 10 heteroatoms. The van der Waals surface area contributed by atoms with Crippen LogP contribution in [-0.2, 0) is 28.7 Å². The number of nitrogens with one attached hydrogen (secondary N) is 2. The van der Waals surface area contributed by atoms with Crippen LogP contribution in [0, 0.1) is 5.82 Å². The third kappa shape index (κ3) is 9.81. The summed E-state index contributed by atoms with van der Waals surface area (Å²) >= 11 is 0. The first-order valence-electron chi connectivity index (χ1n) is 9.78. The molecule has 0 radical (unpaired) electrons. The molecule has 0 unspecified atom stereocenters. The van der Waals surface area contributed by atoms with E-state index in [2.05, 4.69) is 27.5 Å². The average Bonchev–Trinajstić information content (AvgIpc) is 2.70. The zero-order valence-corrected chi connectivity index (χ0v) is 21.2. The first kappa shape index (κ1) is 27.1. The molecule has 0 aliphatic rings. The maximum Gasteiger partial charge on any atom is 0.218 e. The number of halogens is 2. The van der Waals surface area contributed by atoms with Gasteiger partial charge in [-0.1, -0.05) is 25.5 Å². The monoisotopic (exact) mass is 564 g/mol. The Labute approximate surface area is 200 Å². The van der Waals surface area contributed by atoms with Crippen molar-refractivity contribution in [1.29, 1.82) is 0 Å². The van der Waals surface area contributed by atoms with E-state index in [1.54, 1.807) is 13.2 Å². The Morgan fingerprint density at radius 3 is 2.52 bits per heavy atom. The molecule has 0 aliphatic carbocycles. The number of rotatable bonds is 10. The normalized spacial score (nSPS) is 11.5. The minimum atomic E-state index is -3.23. The molecule has 2 N–H and O–H groups in total. The Morgan fingerprint density at radius 2 is 1.87 bits per heavy atom. The first-order valence-corrected chi connectivity index (χ1v) is 11.8. The van der Waals surface area contributed by atoms with Crippen molar-refractivity contribution in [3.05, 3.63) is 59.0 Å². The highest BCUT2D eigenvalue weighted by molar-refractivity contribution is 14.0. The first-order chi connectivity index (χ1) is 14.3. The predicted molar refractivity (Wildman–Crippen MR) is 132 cm³/mol. The molecule has 31 heavy (non-hydrogen) atoms. The summed E-state index contributed by atoms with van der Waals surface area (Å²) in [6.07, 6.45) is 4.84. The number of sulfone groups is 1. The van der Waals surface area contributed by atoms with Gasteiger partial charge in [0.2, 0.25) is 5.88 Å². The second kappa shape index (κ2) is 13.5. The van der Waals surface area contributed by atoms with Crippen molar-refractivity contribution >= 4 is 39.8 Å². The quantitative estimate of drug-likeness (QED) is 0.199. The summed E-state index contributed by atoms with van der Waals surface area (Å²) in [5.41, 5.74) is 2.01. The van der Waals surface area contributed by atoms with E-state index < -0.39 is 15.7 Å². The van der Waals surface area contributed by atoms with Crippen molar-refractivity contribution in [2.75, 3.05) is 19.9 Å². The Morgan fingerprint density at radius 1 is 1.16 bits per heavy atom. The SMILES string of the molecule is CCCCOc1ncccc1CNC(=NC)NCc1cc(F)ccc1CS(C)(=O)=O.I. The van der Waals surface area contributed by atoms with Crippen LogP contribution in [0.4, 0.5) is 4.39 Å². The third-order valence-corrected chi connectivity index (χ3v) is 5.12. The molecular formula is C21H30FIN4O3S. The smallest absolute Gasteiger partial charge is 0.218 e.